The number of methoxy groups -OCH3 is 1. The van der Waals surface area contributed by atoms with Gasteiger partial charge < -0.3 is 14.8 Å². The van der Waals surface area contributed by atoms with Crippen LogP contribution in [0.1, 0.15) is 32.6 Å². The van der Waals surface area contributed by atoms with E-state index >= 15 is 0 Å². The van der Waals surface area contributed by atoms with E-state index in [0.717, 1.165) is 42.5 Å². The topological polar surface area (TPSA) is 47.6 Å². The van der Waals surface area contributed by atoms with E-state index < -0.39 is 5.60 Å². The number of hydrogen-bond donors (Lipinski definition) is 1. The summed E-state index contributed by atoms with van der Waals surface area (Å²) in [6, 6.07) is 7.44. The van der Waals surface area contributed by atoms with Gasteiger partial charge in [-0.3, -0.25) is 4.79 Å². The summed E-state index contributed by atoms with van der Waals surface area (Å²) in [5.74, 6) is 1.26. The van der Waals surface area contributed by atoms with Gasteiger partial charge in [0.15, 0.2) is 0 Å². The highest BCUT2D eigenvalue weighted by Crippen LogP contribution is 2.35. The maximum Gasteiger partial charge on any atom is 0.256 e. The van der Waals surface area contributed by atoms with Crippen molar-refractivity contribution in [3.8, 4) is 5.75 Å². The van der Waals surface area contributed by atoms with E-state index in [9.17, 15) is 4.79 Å². The molecule has 0 unspecified atom stereocenters. The maximum absolute atomic E-state index is 12.6. The van der Waals surface area contributed by atoms with E-state index in [-0.39, 0.29) is 5.91 Å². The molecule has 0 saturated heterocycles. The Morgan fingerprint density at radius 1 is 1.41 bits per heavy atom. The number of anilines is 1. The van der Waals surface area contributed by atoms with Gasteiger partial charge >= 0.3 is 0 Å². The summed E-state index contributed by atoms with van der Waals surface area (Å²) < 4.78 is 11.1. The van der Waals surface area contributed by atoms with E-state index in [2.05, 4.69) is 28.2 Å². The zero-order valence-corrected chi connectivity index (χ0v) is 14.8. The van der Waals surface area contributed by atoms with Crippen molar-refractivity contribution in [3.63, 3.8) is 0 Å². The molecule has 0 radical (unpaired) electrons. The van der Waals surface area contributed by atoms with Crippen LogP contribution in [-0.4, -0.2) is 30.6 Å². The van der Waals surface area contributed by atoms with Crippen LogP contribution < -0.4 is 10.1 Å². The molecular weight excluding hydrogens is 346 g/mol. The lowest BCUT2D eigenvalue weighted by Crippen LogP contribution is -2.47. The molecule has 2 rings (SSSR count). The summed E-state index contributed by atoms with van der Waals surface area (Å²) >= 11 is 3.32. The Balaban J connectivity index is 2.00. The number of benzene rings is 1. The third-order valence-electron chi connectivity index (χ3n) is 4.22. The fourth-order valence-corrected chi connectivity index (χ4v) is 3.19. The maximum atomic E-state index is 12.6. The molecule has 1 aliphatic rings. The van der Waals surface area contributed by atoms with E-state index in [1.165, 1.54) is 0 Å². The minimum atomic E-state index is -0.692. The van der Waals surface area contributed by atoms with Gasteiger partial charge in [0.1, 0.15) is 11.4 Å². The number of halogens is 1. The van der Waals surface area contributed by atoms with Gasteiger partial charge in [-0.15, -0.1) is 0 Å². The van der Waals surface area contributed by atoms with Crippen LogP contribution in [0.25, 0.3) is 0 Å². The van der Waals surface area contributed by atoms with Crippen LogP contribution in [0, 0.1) is 5.92 Å². The highest BCUT2D eigenvalue weighted by atomic mass is 79.9. The Morgan fingerprint density at radius 2 is 2.14 bits per heavy atom. The SMILES string of the molecule is CO[C@@]1(C(=O)Nc2ccc(OCCBr)cc2)CCC[C@@H](C)C1. The van der Waals surface area contributed by atoms with Gasteiger partial charge in [-0.2, -0.15) is 0 Å². The van der Waals surface area contributed by atoms with Gasteiger partial charge in [-0.05, 0) is 49.4 Å². The monoisotopic (exact) mass is 369 g/mol. The predicted octanol–water partition coefficient (Wildman–Crippen LogP) is 3.99. The van der Waals surface area contributed by atoms with Crippen molar-refractivity contribution >= 4 is 27.5 Å². The number of amides is 1. The van der Waals surface area contributed by atoms with Gasteiger partial charge in [-0.1, -0.05) is 29.3 Å². The van der Waals surface area contributed by atoms with Crippen molar-refractivity contribution in [1.82, 2.24) is 0 Å². The molecule has 0 bridgehead atoms. The molecule has 1 aromatic rings. The molecule has 5 heteroatoms. The number of hydrogen-bond acceptors (Lipinski definition) is 3. The average Bonchev–Trinajstić information content (AvgIpc) is 2.54. The Labute approximate surface area is 140 Å². The van der Waals surface area contributed by atoms with E-state index in [0.29, 0.717) is 12.5 Å². The second-order valence-electron chi connectivity index (χ2n) is 5.92. The normalized spacial score (nSPS) is 24.8. The van der Waals surface area contributed by atoms with Gasteiger partial charge in [0, 0.05) is 18.1 Å². The largest absolute Gasteiger partial charge is 0.493 e. The molecule has 0 aromatic heterocycles. The van der Waals surface area contributed by atoms with Crippen molar-refractivity contribution in [3.05, 3.63) is 24.3 Å². The lowest BCUT2D eigenvalue weighted by molar-refractivity contribution is -0.143. The first kappa shape index (κ1) is 17.3. The van der Waals surface area contributed by atoms with Crippen LogP contribution >= 0.6 is 15.9 Å². The molecule has 0 spiro atoms. The van der Waals surface area contributed by atoms with Crippen molar-refractivity contribution < 1.29 is 14.3 Å². The first-order valence-corrected chi connectivity index (χ1v) is 8.87. The first-order valence-electron chi connectivity index (χ1n) is 7.75. The van der Waals surface area contributed by atoms with Crippen LogP contribution in [-0.2, 0) is 9.53 Å². The summed E-state index contributed by atoms with van der Waals surface area (Å²) in [6.45, 7) is 2.80. The van der Waals surface area contributed by atoms with Crippen molar-refractivity contribution in [2.75, 3.05) is 24.4 Å². The standard InChI is InChI=1S/C17H24BrNO3/c1-13-4-3-9-17(12-13,21-2)16(20)19-14-5-7-15(8-6-14)22-11-10-18/h5-8,13H,3-4,9-12H2,1-2H3,(H,19,20)/t13-,17+/m1/s1. The molecule has 2 atom stereocenters. The molecule has 1 aliphatic carbocycles. The van der Waals surface area contributed by atoms with Gasteiger partial charge in [-0.25, -0.2) is 0 Å². The second-order valence-corrected chi connectivity index (χ2v) is 6.71. The van der Waals surface area contributed by atoms with Crippen molar-refractivity contribution in [2.24, 2.45) is 5.92 Å². The molecular formula is C17H24BrNO3. The summed E-state index contributed by atoms with van der Waals surface area (Å²) in [5.41, 5.74) is 0.0776. The Hall–Kier alpha value is -1.07. The van der Waals surface area contributed by atoms with Crippen molar-refractivity contribution in [1.29, 1.82) is 0 Å². The molecule has 0 aliphatic heterocycles. The third kappa shape index (κ3) is 4.23. The molecule has 1 N–H and O–H groups in total. The Morgan fingerprint density at radius 3 is 2.73 bits per heavy atom. The first-order chi connectivity index (χ1) is 10.6. The number of carbonyl (C=O) groups excluding carboxylic acids is 1. The number of carbonyl (C=O) groups is 1. The van der Waals surface area contributed by atoms with Crippen molar-refractivity contribution in [2.45, 2.75) is 38.2 Å². The average molecular weight is 370 g/mol. The number of rotatable bonds is 6. The predicted molar refractivity (Wildman–Crippen MR) is 91.7 cm³/mol. The minimum Gasteiger partial charge on any atom is -0.493 e. The highest BCUT2D eigenvalue weighted by molar-refractivity contribution is 9.09. The molecule has 1 amide bonds. The van der Waals surface area contributed by atoms with Crippen LogP contribution in [0.4, 0.5) is 5.69 Å². The lowest BCUT2D eigenvalue weighted by Gasteiger charge is -2.37. The lowest BCUT2D eigenvalue weighted by atomic mass is 9.78. The number of ether oxygens (including phenoxy) is 2. The van der Waals surface area contributed by atoms with Crippen LogP contribution in [0.15, 0.2) is 24.3 Å². The fourth-order valence-electron chi connectivity index (χ4n) is 3.02. The smallest absolute Gasteiger partial charge is 0.256 e. The summed E-state index contributed by atoms with van der Waals surface area (Å²) in [6.07, 6.45) is 3.76. The Kier molecular flexibility index (Phi) is 6.26. The fraction of sp³-hybridized carbons (Fsp3) is 0.588. The van der Waals surface area contributed by atoms with E-state index in [4.69, 9.17) is 9.47 Å². The Bertz CT molecular complexity index is 491. The summed E-state index contributed by atoms with van der Waals surface area (Å²) in [4.78, 5) is 12.6. The van der Waals surface area contributed by atoms with Gasteiger partial charge in [0.25, 0.3) is 5.91 Å². The van der Waals surface area contributed by atoms with Crippen LogP contribution in [0.3, 0.4) is 0 Å². The van der Waals surface area contributed by atoms with Crippen LogP contribution in [0.5, 0.6) is 5.75 Å². The molecule has 1 fully saturated rings. The van der Waals surface area contributed by atoms with E-state index in [1.54, 1.807) is 7.11 Å². The second kappa shape index (κ2) is 7.97. The molecule has 0 heterocycles. The van der Waals surface area contributed by atoms with E-state index in [1.807, 2.05) is 24.3 Å². The quantitative estimate of drug-likeness (QED) is 0.771. The molecule has 4 nitrogen and oxygen atoms in total. The summed E-state index contributed by atoms with van der Waals surface area (Å²) in [5, 5.41) is 3.77. The molecule has 1 aromatic carbocycles. The van der Waals surface area contributed by atoms with Gasteiger partial charge in [0.05, 0.1) is 6.61 Å². The number of nitrogens with one attached hydrogen (secondary N) is 1. The van der Waals surface area contributed by atoms with Gasteiger partial charge in [0.2, 0.25) is 0 Å². The van der Waals surface area contributed by atoms with Crippen LogP contribution in [0.2, 0.25) is 0 Å². The molecule has 122 valence electrons. The number of alkyl halides is 1. The molecule has 1 saturated carbocycles. The minimum absolute atomic E-state index is 0.0457. The highest BCUT2D eigenvalue weighted by Gasteiger charge is 2.41. The molecule has 22 heavy (non-hydrogen) atoms. The third-order valence-corrected chi connectivity index (χ3v) is 4.54. The summed E-state index contributed by atoms with van der Waals surface area (Å²) in [7, 11) is 1.63. The zero-order chi connectivity index (χ0) is 16.0. The zero-order valence-electron chi connectivity index (χ0n) is 13.2.